The number of amides is 1. The Bertz CT molecular complexity index is 404. The van der Waals surface area contributed by atoms with Crippen molar-refractivity contribution in [1.29, 1.82) is 0 Å². The van der Waals surface area contributed by atoms with Gasteiger partial charge in [-0.15, -0.1) is 0 Å². The van der Waals surface area contributed by atoms with Gasteiger partial charge in [0.15, 0.2) is 0 Å². The number of nitrogens with one attached hydrogen (secondary N) is 1. The molecule has 19 heavy (non-hydrogen) atoms. The Morgan fingerprint density at radius 1 is 1.37 bits per heavy atom. The van der Waals surface area contributed by atoms with E-state index in [0.717, 1.165) is 19.3 Å². The molecule has 1 amide bonds. The summed E-state index contributed by atoms with van der Waals surface area (Å²) in [7, 11) is 0. The zero-order valence-electron chi connectivity index (χ0n) is 11.1. The summed E-state index contributed by atoms with van der Waals surface area (Å²) < 4.78 is 0. The molecule has 2 unspecified atom stereocenters. The third-order valence-corrected chi connectivity index (χ3v) is 3.58. The molecule has 0 aromatic heterocycles. The van der Waals surface area contributed by atoms with Crippen LogP contribution in [0.15, 0.2) is 30.3 Å². The van der Waals surface area contributed by atoms with Crippen molar-refractivity contribution in [2.45, 2.75) is 37.8 Å². The topological polar surface area (TPSA) is 75.4 Å². The highest BCUT2D eigenvalue weighted by molar-refractivity contribution is 5.81. The lowest BCUT2D eigenvalue weighted by Gasteiger charge is -2.14. The van der Waals surface area contributed by atoms with Gasteiger partial charge in [0.05, 0.1) is 12.1 Å². The summed E-state index contributed by atoms with van der Waals surface area (Å²) in [6.45, 7) is 0.322. The first kappa shape index (κ1) is 14.0. The highest BCUT2D eigenvalue weighted by Gasteiger charge is 2.30. The maximum Gasteiger partial charge on any atom is 0.237 e. The molecule has 0 heterocycles. The van der Waals surface area contributed by atoms with E-state index in [1.165, 1.54) is 5.56 Å². The molecule has 2 atom stereocenters. The fourth-order valence-corrected chi connectivity index (χ4v) is 2.08. The van der Waals surface area contributed by atoms with E-state index >= 15 is 0 Å². The highest BCUT2D eigenvalue weighted by atomic mass is 16.3. The van der Waals surface area contributed by atoms with Crippen molar-refractivity contribution < 1.29 is 9.90 Å². The van der Waals surface area contributed by atoms with E-state index in [1.807, 2.05) is 30.3 Å². The second-order valence-corrected chi connectivity index (χ2v) is 5.28. The van der Waals surface area contributed by atoms with Gasteiger partial charge >= 0.3 is 0 Å². The Hall–Kier alpha value is -1.39. The number of hydrogen-bond acceptors (Lipinski definition) is 3. The van der Waals surface area contributed by atoms with Gasteiger partial charge in [0.25, 0.3) is 0 Å². The molecule has 0 aliphatic heterocycles. The van der Waals surface area contributed by atoms with E-state index in [0.29, 0.717) is 18.9 Å². The number of carbonyl (C=O) groups excluding carboxylic acids is 1. The maximum atomic E-state index is 11.8. The molecule has 4 heteroatoms. The van der Waals surface area contributed by atoms with Crippen LogP contribution in [-0.2, 0) is 11.2 Å². The fraction of sp³-hybridized carbons (Fsp3) is 0.533. The normalized spacial score (nSPS) is 17.8. The summed E-state index contributed by atoms with van der Waals surface area (Å²) in [5, 5.41) is 12.4. The summed E-state index contributed by atoms with van der Waals surface area (Å²) in [5.41, 5.74) is 7.03. The van der Waals surface area contributed by atoms with Gasteiger partial charge < -0.3 is 16.2 Å². The first-order valence-corrected chi connectivity index (χ1v) is 6.92. The van der Waals surface area contributed by atoms with E-state index in [9.17, 15) is 9.90 Å². The quantitative estimate of drug-likeness (QED) is 0.681. The van der Waals surface area contributed by atoms with Crippen LogP contribution in [0.3, 0.4) is 0 Å². The van der Waals surface area contributed by atoms with E-state index < -0.39 is 12.1 Å². The minimum absolute atomic E-state index is 0.171. The minimum Gasteiger partial charge on any atom is -0.391 e. The maximum absolute atomic E-state index is 11.8. The van der Waals surface area contributed by atoms with E-state index in [2.05, 4.69) is 5.32 Å². The number of carbonyl (C=O) groups is 1. The molecule has 1 aromatic carbocycles. The number of hydrogen-bond donors (Lipinski definition) is 3. The number of aliphatic hydroxyl groups excluding tert-OH is 1. The number of rotatable bonds is 7. The zero-order chi connectivity index (χ0) is 13.7. The molecule has 4 nitrogen and oxygen atoms in total. The second-order valence-electron chi connectivity index (χ2n) is 5.28. The summed E-state index contributed by atoms with van der Waals surface area (Å²) in [4.78, 5) is 11.8. The van der Waals surface area contributed by atoms with E-state index in [-0.39, 0.29) is 5.91 Å². The molecule has 0 spiro atoms. The molecular weight excluding hydrogens is 240 g/mol. The largest absolute Gasteiger partial charge is 0.391 e. The van der Waals surface area contributed by atoms with Crippen molar-refractivity contribution >= 4 is 5.91 Å². The van der Waals surface area contributed by atoms with Gasteiger partial charge in [-0.25, -0.2) is 0 Å². The number of aryl methyl sites for hydroxylation is 1. The Morgan fingerprint density at radius 2 is 2.05 bits per heavy atom. The first-order chi connectivity index (χ1) is 9.16. The highest BCUT2D eigenvalue weighted by Crippen LogP contribution is 2.32. The molecule has 1 aliphatic carbocycles. The van der Waals surface area contributed by atoms with Gasteiger partial charge in [-0.2, -0.15) is 0 Å². The average Bonchev–Trinajstić information content (AvgIpc) is 3.27. The molecule has 104 valence electrons. The zero-order valence-corrected chi connectivity index (χ0v) is 11.1. The lowest BCUT2D eigenvalue weighted by Crippen LogP contribution is -2.44. The Balaban J connectivity index is 1.67. The van der Waals surface area contributed by atoms with E-state index in [1.54, 1.807) is 0 Å². The monoisotopic (exact) mass is 262 g/mol. The van der Waals surface area contributed by atoms with Crippen LogP contribution >= 0.6 is 0 Å². The predicted octanol–water partition coefficient (Wildman–Crippen LogP) is 0.834. The molecule has 1 fully saturated rings. The number of aliphatic hydroxyl groups is 1. The van der Waals surface area contributed by atoms with Gasteiger partial charge in [0.2, 0.25) is 5.91 Å². The molecule has 0 bridgehead atoms. The van der Waals surface area contributed by atoms with Crippen LogP contribution in [0, 0.1) is 5.92 Å². The second kappa shape index (κ2) is 6.68. The number of benzene rings is 1. The Morgan fingerprint density at radius 3 is 2.68 bits per heavy atom. The molecule has 4 N–H and O–H groups in total. The minimum atomic E-state index is -0.508. The van der Waals surface area contributed by atoms with Gasteiger partial charge in [0, 0.05) is 6.54 Å². The number of nitrogens with two attached hydrogens (primary N) is 1. The van der Waals surface area contributed by atoms with Crippen LogP contribution in [-0.4, -0.2) is 29.7 Å². The summed E-state index contributed by atoms with van der Waals surface area (Å²) in [6.07, 6.45) is 3.13. The summed E-state index contributed by atoms with van der Waals surface area (Å²) in [6, 6.07) is 9.48. The van der Waals surface area contributed by atoms with Crippen molar-refractivity contribution in [2.24, 2.45) is 11.7 Å². The van der Waals surface area contributed by atoms with Gasteiger partial charge in [-0.1, -0.05) is 30.3 Å². The molecule has 2 rings (SSSR count). The fourth-order valence-electron chi connectivity index (χ4n) is 2.08. The van der Waals surface area contributed by atoms with Gasteiger partial charge in [0.1, 0.15) is 0 Å². The van der Waals surface area contributed by atoms with Gasteiger partial charge in [-0.05, 0) is 37.2 Å². The molecule has 0 radical (unpaired) electrons. The lowest BCUT2D eigenvalue weighted by atomic mass is 10.1. The average molecular weight is 262 g/mol. The van der Waals surface area contributed by atoms with Gasteiger partial charge in [-0.3, -0.25) is 4.79 Å². The third-order valence-electron chi connectivity index (χ3n) is 3.58. The Labute approximate surface area is 114 Å². The van der Waals surface area contributed by atoms with Crippen LogP contribution in [0.25, 0.3) is 0 Å². The predicted molar refractivity (Wildman–Crippen MR) is 74.5 cm³/mol. The van der Waals surface area contributed by atoms with Crippen molar-refractivity contribution in [2.75, 3.05) is 6.54 Å². The summed E-state index contributed by atoms with van der Waals surface area (Å²) >= 11 is 0. The third kappa shape index (κ3) is 4.65. The van der Waals surface area contributed by atoms with Crippen LogP contribution in [0.4, 0.5) is 0 Å². The van der Waals surface area contributed by atoms with Crippen LogP contribution in [0.2, 0.25) is 0 Å². The van der Waals surface area contributed by atoms with Crippen molar-refractivity contribution in [1.82, 2.24) is 5.32 Å². The Kier molecular flexibility index (Phi) is 4.93. The molecule has 1 aliphatic rings. The van der Waals surface area contributed by atoms with Crippen LogP contribution < -0.4 is 11.1 Å². The molecule has 0 saturated heterocycles. The molecule has 1 saturated carbocycles. The SMILES string of the molecule is NC(CCc1ccccc1)C(=O)NCC(O)C1CC1. The molecular formula is C15H22N2O2. The first-order valence-electron chi connectivity index (χ1n) is 6.92. The van der Waals surface area contributed by atoms with Crippen molar-refractivity contribution in [3.8, 4) is 0 Å². The smallest absolute Gasteiger partial charge is 0.237 e. The standard InChI is InChI=1S/C15H22N2O2/c16-13(9-6-11-4-2-1-3-5-11)15(19)17-10-14(18)12-7-8-12/h1-5,12-14,18H,6-10,16H2,(H,17,19). The van der Waals surface area contributed by atoms with Crippen LogP contribution in [0.1, 0.15) is 24.8 Å². The van der Waals surface area contributed by atoms with Crippen molar-refractivity contribution in [3.63, 3.8) is 0 Å². The van der Waals surface area contributed by atoms with E-state index in [4.69, 9.17) is 5.73 Å². The van der Waals surface area contributed by atoms with Crippen molar-refractivity contribution in [3.05, 3.63) is 35.9 Å². The molecule has 1 aromatic rings. The lowest BCUT2D eigenvalue weighted by molar-refractivity contribution is -0.123. The summed E-state index contributed by atoms with van der Waals surface area (Å²) in [5.74, 6) is 0.205. The van der Waals surface area contributed by atoms with Crippen LogP contribution in [0.5, 0.6) is 0 Å².